The summed E-state index contributed by atoms with van der Waals surface area (Å²) in [6, 6.07) is 0. The number of rotatable bonds is 3. The number of ether oxygens (including phenoxy) is 1. The predicted octanol–water partition coefficient (Wildman–Crippen LogP) is 4.12. The Morgan fingerprint density at radius 2 is 1.96 bits per heavy atom. The molecule has 0 unspecified atom stereocenters. The fourth-order valence-corrected chi connectivity index (χ4v) is 6.59. The van der Waals surface area contributed by atoms with Crippen molar-refractivity contribution >= 4 is 5.97 Å². The molecule has 0 aromatic rings. The van der Waals surface area contributed by atoms with Gasteiger partial charge in [0.05, 0.1) is 11.5 Å². The molecule has 0 radical (unpaired) electrons. The number of carbonyl (C=O) groups is 1. The Labute approximate surface area is 156 Å². The Balaban J connectivity index is 1.87. The van der Waals surface area contributed by atoms with E-state index in [9.17, 15) is 9.90 Å². The highest BCUT2D eigenvalue weighted by molar-refractivity contribution is 5.75. The zero-order chi connectivity index (χ0) is 19.0. The van der Waals surface area contributed by atoms with Gasteiger partial charge in [-0.1, -0.05) is 27.2 Å². The van der Waals surface area contributed by atoms with E-state index < -0.39 is 17.0 Å². The second-order valence-corrected chi connectivity index (χ2v) is 9.71. The molecule has 2 heterocycles. The molecular formula is C21H32O5. The van der Waals surface area contributed by atoms with Gasteiger partial charge in [0.1, 0.15) is 11.2 Å². The Morgan fingerprint density at radius 1 is 1.23 bits per heavy atom. The number of methoxy groups -OCH3 is 1. The molecule has 5 nitrogen and oxygen atoms in total. The summed E-state index contributed by atoms with van der Waals surface area (Å²) in [5, 5.41) is 10.1. The van der Waals surface area contributed by atoms with Crippen molar-refractivity contribution in [2.24, 2.45) is 22.7 Å². The summed E-state index contributed by atoms with van der Waals surface area (Å²) in [6.45, 7) is 8.47. The topological polar surface area (TPSA) is 65.0 Å². The standard InChI is InChI=1S/C21H32O5/c1-13(2)20-9-10-21(26-25-20)14(12-20)15(24-5)11-16-18(3,17(22)23)7-6-8-19(16,21)4/h12-13,15-16H,6-11H2,1-5H3,(H,22,23)/t15-,16+,18-,19+,20-,21+/m1/s1. The molecule has 0 aromatic carbocycles. The van der Waals surface area contributed by atoms with Crippen molar-refractivity contribution < 1.29 is 24.4 Å². The van der Waals surface area contributed by atoms with Crippen LogP contribution in [0.3, 0.4) is 0 Å². The summed E-state index contributed by atoms with van der Waals surface area (Å²) in [4.78, 5) is 24.6. The van der Waals surface area contributed by atoms with Gasteiger partial charge in [0.15, 0.2) is 0 Å². The van der Waals surface area contributed by atoms with E-state index in [2.05, 4.69) is 26.8 Å². The monoisotopic (exact) mass is 364 g/mol. The fourth-order valence-electron chi connectivity index (χ4n) is 6.59. The van der Waals surface area contributed by atoms with Crippen LogP contribution in [-0.4, -0.2) is 35.5 Å². The van der Waals surface area contributed by atoms with Crippen LogP contribution in [0.4, 0.5) is 0 Å². The van der Waals surface area contributed by atoms with Crippen molar-refractivity contribution in [2.75, 3.05) is 7.11 Å². The van der Waals surface area contributed by atoms with Crippen LogP contribution in [0.25, 0.3) is 0 Å². The molecule has 3 aliphatic carbocycles. The first-order valence-corrected chi connectivity index (χ1v) is 10.0. The van der Waals surface area contributed by atoms with Gasteiger partial charge in [-0.2, -0.15) is 0 Å². The van der Waals surface area contributed by atoms with Crippen molar-refractivity contribution in [1.82, 2.24) is 0 Å². The minimum Gasteiger partial charge on any atom is -0.481 e. The quantitative estimate of drug-likeness (QED) is 0.603. The maximum atomic E-state index is 12.2. The first-order valence-electron chi connectivity index (χ1n) is 10.0. The van der Waals surface area contributed by atoms with Gasteiger partial charge in [0.25, 0.3) is 0 Å². The number of carboxylic acid groups (broad SMARTS) is 1. The Morgan fingerprint density at radius 3 is 2.50 bits per heavy atom. The Hall–Kier alpha value is -0.910. The van der Waals surface area contributed by atoms with E-state index in [1.807, 2.05) is 6.92 Å². The summed E-state index contributed by atoms with van der Waals surface area (Å²) >= 11 is 0. The van der Waals surface area contributed by atoms with Gasteiger partial charge in [-0.3, -0.25) is 4.79 Å². The Bertz CT molecular complexity index is 645. The molecule has 2 bridgehead atoms. The van der Waals surface area contributed by atoms with Gasteiger partial charge in [0, 0.05) is 12.5 Å². The molecule has 146 valence electrons. The average molecular weight is 364 g/mol. The minimum atomic E-state index is -0.753. The molecule has 6 atom stereocenters. The van der Waals surface area contributed by atoms with Crippen molar-refractivity contribution in [1.29, 1.82) is 0 Å². The van der Waals surface area contributed by atoms with Crippen molar-refractivity contribution in [3.05, 3.63) is 11.6 Å². The van der Waals surface area contributed by atoms with Gasteiger partial charge in [0.2, 0.25) is 0 Å². The fraction of sp³-hybridized carbons (Fsp3) is 0.857. The predicted molar refractivity (Wildman–Crippen MR) is 96.4 cm³/mol. The summed E-state index contributed by atoms with van der Waals surface area (Å²) < 4.78 is 5.90. The molecule has 5 aliphatic rings. The van der Waals surface area contributed by atoms with E-state index in [1.54, 1.807) is 7.11 Å². The minimum absolute atomic E-state index is 0.00315. The molecule has 1 saturated heterocycles. The summed E-state index contributed by atoms with van der Waals surface area (Å²) in [7, 11) is 1.73. The number of hydrogen-bond donors (Lipinski definition) is 1. The lowest BCUT2D eigenvalue weighted by Gasteiger charge is -2.67. The maximum absolute atomic E-state index is 12.2. The molecule has 5 rings (SSSR count). The van der Waals surface area contributed by atoms with Crippen molar-refractivity contribution in [3.63, 3.8) is 0 Å². The number of hydrogen-bond acceptors (Lipinski definition) is 4. The largest absolute Gasteiger partial charge is 0.481 e. The van der Waals surface area contributed by atoms with Crippen LogP contribution in [0.15, 0.2) is 11.6 Å². The van der Waals surface area contributed by atoms with Gasteiger partial charge in [-0.25, -0.2) is 9.78 Å². The first kappa shape index (κ1) is 18.5. The van der Waals surface area contributed by atoms with E-state index in [1.165, 1.54) is 5.57 Å². The number of carboxylic acids is 1. The average Bonchev–Trinajstić information content (AvgIpc) is 2.62. The van der Waals surface area contributed by atoms with Crippen LogP contribution in [0, 0.1) is 22.7 Å². The second kappa shape index (κ2) is 5.55. The normalized spacial score (nSPS) is 50.2. The van der Waals surface area contributed by atoms with E-state index in [4.69, 9.17) is 14.5 Å². The van der Waals surface area contributed by atoms with Crippen molar-refractivity contribution in [2.45, 2.75) is 83.5 Å². The zero-order valence-electron chi connectivity index (χ0n) is 16.6. The van der Waals surface area contributed by atoms with E-state index in [0.717, 1.165) is 32.1 Å². The van der Waals surface area contributed by atoms with Crippen LogP contribution in [0.2, 0.25) is 0 Å². The molecule has 1 N–H and O–H groups in total. The highest BCUT2D eigenvalue weighted by Gasteiger charge is 2.71. The second-order valence-electron chi connectivity index (χ2n) is 9.71. The van der Waals surface area contributed by atoms with E-state index >= 15 is 0 Å². The third-order valence-corrected chi connectivity index (χ3v) is 8.47. The summed E-state index contributed by atoms with van der Waals surface area (Å²) in [6.07, 6.45) is 7.27. The van der Waals surface area contributed by atoms with Gasteiger partial charge < -0.3 is 9.84 Å². The first-order chi connectivity index (χ1) is 12.2. The lowest BCUT2D eigenvalue weighted by molar-refractivity contribution is -0.467. The van der Waals surface area contributed by atoms with Gasteiger partial charge in [-0.05, 0) is 62.5 Å². The highest BCUT2D eigenvalue weighted by atomic mass is 17.2. The molecule has 0 amide bonds. The highest BCUT2D eigenvalue weighted by Crippen LogP contribution is 2.69. The van der Waals surface area contributed by atoms with Crippen molar-refractivity contribution in [3.8, 4) is 0 Å². The maximum Gasteiger partial charge on any atom is 0.309 e. The number of aliphatic carboxylic acids is 1. The molecule has 0 aromatic heterocycles. The molecule has 3 fully saturated rings. The SMILES string of the molecule is CO[C@@H]1C[C@H]2[C@](C)(C(=O)O)CCC[C@]2(C)[C@]23CC[C@](C(C)C)(C=C12)OO3. The van der Waals surface area contributed by atoms with Crippen LogP contribution in [0.1, 0.15) is 66.2 Å². The van der Waals surface area contributed by atoms with Gasteiger partial charge in [-0.15, -0.1) is 0 Å². The van der Waals surface area contributed by atoms with E-state index in [0.29, 0.717) is 12.3 Å². The molecular weight excluding hydrogens is 332 g/mol. The third kappa shape index (κ3) is 2.00. The van der Waals surface area contributed by atoms with Crippen LogP contribution in [-0.2, 0) is 19.3 Å². The van der Waals surface area contributed by atoms with E-state index in [-0.39, 0.29) is 23.0 Å². The molecule has 26 heavy (non-hydrogen) atoms. The van der Waals surface area contributed by atoms with Crippen LogP contribution < -0.4 is 0 Å². The molecule has 2 saturated carbocycles. The summed E-state index contributed by atoms with van der Waals surface area (Å²) in [5.74, 6) is -0.389. The number of fused-ring (bicyclic) bond motifs is 3. The van der Waals surface area contributed by atoms with Crippen LogP contribution in [0.5, 0.6) is 0 Å². The molecule has 5 heteroatoms. The van der Waals surface area contributed by atoms with Crippen LogP contribution >= 0.6 is 0 Å². The lowest BCUT2D eigenvalue weighted by Crippen LogP contribution is -2.70. The third-order valence-electron chi connectivity index (χ3n) is 8.47. The molecule has 1 spiro atoms. The lowest BCUT2D eigenvalue weighted by atomic mass is 9.42. The Kier molecular flexibility index (Phi) is 3.94. The molecule has 2 aliphatic heterocycles. The zero-order valence-corrected chi connectivity index (χ0v) is 16.6. The summed E-state index contributed by atoms with van der Waals surface area (Å²) in [5.41, 5.74) is -0.772. The smallest absolute Gasteiger partial charge is 0.309 e. The van der Waals surface area contributed by atoms with Gasteiger partial charge >= 0.3 is 5.97 Å².